The molecule has 3 unspecified atom stereocenters. The molecule has 1 amide bonds. The fourth-order valence-electron chi connectivity index (χ4n) is 2.93. The molecule has 108 valence electrons. The van der Waals surface area contributed by atoms with Gasteiger partial charge in [0.25, 0.3) is 0 Å². The van der Waals surface area contributed by atoms with Crippen LogP contribution in [0.15, 0.2) is 24.3 Å². The lowest BCUT2D eigenvalue weighted by Crippen LogP contribution is -2.35. The third-order valence-corrected chi connectivity index (χ3v) is 4.02. The number of ether oxygens (including phenoxy) is 1. The number of amides is 1. The highest BCUT2D eigenvalue weighted by Gasteiger charge is 2.38. The Morgan fingerprint density at radius 2 is 2.35 bits per heavy atom. The number of hydrogen-bond acceptors (Lipinski definition) is 3. The average Bonchev–Trinajstić information content (AvgIpc) is 3.03. The topological polar surface area (TPSA) is 41.6 Å². The fraction of sp³-hybridized carbons (Fsp3) is 0.533. The lowest BCUT2D eigenvalue weighted by Gasteiger charge is -2.26. The van der Waals surface area contributed by atoms with Crippen LogP contribution >= 0.6 is 0 Å². The molecule has 3 atom stereocenters. The zero-order valence-corrected chi connectivity index (χ0v) is 11.5. The number of carbonyl (C=O) groups is 1. The standard InChI is InChI=1S/C15H19FN2O2/c1-10-15(19)18(8-11-5-6-20-9-11)14(17-10)12-3-2-4-13(16)7-12/h2-4,7,10-11,14,17H,5-6,8-9H2,1H3. The Labute approximate surface area is 117 Å². The van der Waals surface area contributed by atoms with Crippen LogP contribution in [0.25, 0.3) is 0 Å². The van der Waals surface area contributed by atoms with Crippen LogP contribution in [0.4, 0.5) is 4.39 Å². The van der Waals surface area contributed by atoms with Gasteiger partial charge in [-0.05, 0) is 31.0 Å². The van der Waals surface area contributed by atoms with Crippen LogP contribution < -0.4 is 5.32 Å². The third kappa shape index (κ3) is 2.55. The molecule has 1 aromatic carbocycles. The summed E-state index contributed by atoms with van der Waals surface area (Å²) in [5.74, 6) is 0.175. The quantitative estimate of drug-likeness (QED) is 0.914. The zero-order chi connectivity index (χ0) is 14.1. The van der Waals surface area contributed by atoms with Gasteiger partial charge in [-0.2, -0.15) is 0 Å². The van der Waals surface area contributed by atoms with Crippen LogP contribution in [0.3, 0.4) is 0 Å². The molecule has 0 aromatic heterocycles. The van der Waals surface area contributed by atoms with Gasteiger partial charge in [0.2, 0.25) is 5.91 Å². The molecule has 2 aliphatic rings. The van der Waals surface area contributed by atoms with Gasteiger partial charge in [0.05, 0.1) is 12.6 Å². The van der Waals surface area contributed by atoms with E-state index in [0.29, 0.717) is 19.1 Å². The highest BCUT2D eigenvalue weighted by atomic mass is 19.1. The average molecular weight is 278 g/mol. The van der Waals surface area contributed by atoms with Crippen molar-refractivity contribution in [3.63, 3.8) is 0 Å². The number of nitrogens with zero attached hydrogens (tertiary/aromatic N) is 1. The first kappa shape index (κ1) is 13.5. The molecule has 0 radical (unpaired) electrons. The number of carbonyl (C=O) groups excluding carboxylic acids is 1. The van der Waals surface area contributed by atoms with Crippen molar-refractivity contribution in [1.29, 1.82) is 0 Å². The molecule has 0 aliphatic carbocycles. The van der Waals surface area contributed by atoms with Gasteiger partial charge in [0, 0.05) is 19.1 Å². The van der Waals surface area contributed by atoms with Gasteiger partial charge in [0.1, 0.15) is 12.0 Å². The molecule has 0 spiro atoms. The minimum atomic E-state index is -0.277. The van der Waals surface area contributed by atoms with E-state index in [9.17, 15) is 9.18 Å². The predicted molar refractivity (Wildman–Crippen MR) is 72.4 cm³/mol. The monoisotopic (exact) mass is 278 g/mol. The molecular weight excluding hydrogens is 259 g/mol. The van der Waals surface area contributed by atoms with Gasteiger partial charge in [-0.15, -0.1) is 0 Å². The Hall–Kier alpha value is -1.46. The van der Waals surface area contributed by atoms with Crippen LogP contribution in [-0.2, 0) is 9.53 Å². The van der Waals surface area contributed by atoms with Gasteiger partial charge < -0.3 is 9.64 Å². The molecule has 2 fully saturated rings. The maximum absolute atomic E-state index is 13.4. The summed E-state index contributed by atoms with van der Waals surface area (Å²) in [5, 5.41) is 3.24. The first-order chi connectivity index (χ1) is 9.65. The highest BCUT2D eigenvalue weighted by Crippen LogP contribution is 2.28. The third-order valence-electron chi connectivity index (χ3n) is 4.02. The normalized spacial score (nSPS) is 30.2. The van der Waals surface area contributed by atoms with E-state index in [4.69, 9.17) is 4.74 Å². The Morgan fingerprint density at radius 3 is 3.05 bits per heavy atom. The molecule has 2 heterocycles. The lowest BCUT2D eigenvalue weighted by atomic mass is 10.1. The molecule has 2 saturated heterocycles. The second-order valence-electron chi connectivity index (χ2n) is 5.57. The Balaban J connectivity index is 1.81. The summed E-state index contributed by atoms with van der Waals surface area (Å²) >= 11 is 0. The molecular formula is C15H19FN2O2. The van der Waals surface area contributed by atoms with Crippen molar-refractivity contribution < 1.29 is 13.9 Å². The van der Waals surface area contributed by atoms with Crippen LogP contribution in [0.5, 0.6) is 0 Å². The number of rotatable bonds is 3. The van der Waals surface area contributed by atoms with E-state index in [1.807, 2.05) is 17.9 Å². The number of hydrogen-bond donors (Lipinski definition) is 1. The fourth-order valence-corrected chi connectivity index (χ4v) is 2.93. The molecule has 2 aliphatic heterocycles. The minimum absolute atomic E-state index is 0.0751. The van der Waals surface area contributed by atoms with E-state index in [2.05, 4.69) is 5.32 Å². The second-order valence-corrected chi connectivity index (χ2v) is 5.57. The van der Waals surface area contributed by atoms with E-state index in [1.54, 1.807) is 6.07 Å². The lowest BCUT2D eigenvalue weighted by molar-refractivity contribution is -0.130. The summed E-state index contributed by atoms with van der Waals surface area (Å²) in [6.07, 6.45) is 0.738. The summed E-state index contributed by atoms with van der Waals surface area (Å²) in [6.45, 7) is 3.98. The molecule has 1 aromatic rings. The van der Waals surface area contributed by atoms with Gasteiger partial charge >= 0.3 is 0 Å². The largest absolute Gasteiger partial charge is 0.381 e. The van der Waals surface area contributed by atoms with Gasteiger partial charge in [0.15, 0.2) is 0 Å². The number of nitrogens with one attached hydrogen (secondary N) is 1. The molecule has 5 heteroatoms. The first-order valence-electron chi connectivity index (χ1n) is 7.05. The summed E-state index contributed by atoms with van der Waals surface area (Å²) in [4.78, 5) is 14.1. The Morgan fingerprint density at radius 1 is 1.50 bits per heavy atom. The van der Waals surface area contributed by atoms with E-state index >= 15 is 0 Å². The van der Waals surface area contributed by atoms with E-state index < -0.39 is 0 Å². The maximum Gasteiger partial charge on any atom is 0.241 e. The molecule has 4 nitrogen and oxygen atoms in total. The summed E-state index contributed by atoms with van der Waals surface area (Å²) in [5.41, 5.74) is 0.793. The molecule has 3 rings (SSSR count). The zero-order valence-electron chi connectivity index (χ0n) is 11.5. The van der Waals surface area contributed by atoms with Crippen molar-refractivity contribution in [2.75, 3.05) is 19.8 Å². The van der Waals surface area contributed by atoms with Crippen molar-refractivity contribution in [3.8, 4) is 0 Å². The van der Waals surface area contributed by atoms with Crippen molar-refractivity contribution in [2.45, 2.75) is 25.6 Å². The van der Waals surface area contributed by atoms with Crippen LogP contribution in [0.2, 0.25) is 0 Å². The SMILES string of the molecule is CC1NC(c2cccc(F)c2)N(CC2CCOC2)C1=O. The Kier molecular flexibility index (Phi) is 3.72. The van der Waals surface area contributed by atoms with Gasteiger partial charge in [-0.25, -0.2) is 4.39 Å². The van der Waals surface area contributed by atoms with Crippen molar-refractivity contribution >= 4 is 5.91 Å². The van der Waals surface area contributed by atoms with E-state index in [-0.39, 0.29) is 23.9 Å². The molecule has 20 heavy (non-hydrogen) atoms. The maximum atomic E-state index is 13.4. The van der Waals surface area contributed by atoms with Crippen LogP contribution in [0, 0.1) is 11.7 Å². The number of halogens is 1. The van der Waals surface area contributed by atoms with Crippen molar-refractivity contribution in [2.24, 2.45) is 5.92 Å². The highest BCUT2D eigenvalue weighted by molar-refractivity contribution is 5.84. The summed E-state index contributed by atoms with van der Waals surface area (Å²) in [6, 6.07) is 6.20. The molecule has 0 saturated carbocycles. The minimum Gasteiger partial charge on any atom is -0.381 e. The smallest absolute Gasteiger partial charge is 0.241 e. The van der Waals surface area contributed by atoms with E-state index in [1.165, 1.54) is 12.1 Å². The van der Waals surface area contributed by atoms with Gasteiger partial charge in [-0.3, -0.25) is 10.1 Å². The summed E-state index contributed by atoms with van der Waals surface area (Å²) in [7, 11) is 0. The molecule has 1 N–H and O–H groups in total. The predicted octanol–water partition coefficient (Wildman–Crippen LogP) is 1.68. The Bertz CT molecular complexity index is 502. The van der Waals surface area contributed by atoms with Gasteiger partial charge in [-0.1, -0.05) is 12.1 Å². The second kappa shape index (κ2) is 5.50. The van der Waals surface area contributed by atoms with E-state index in [0.717, 1.165) is 18.6 Å². The van der Waals surface area contributed by atoms with Crippen LogP contribution in [-0.4, -0.2) is 36.6 Å². The van der Waals surface area contributed by atoms with Crippen molar-refractivity contribution in [1.82, 2.24) is 10.2 Å². The molecule has 0 bridgehead atoms. The summed E-state index contributed by atoms with van der Waals surface area (Å²) < 4.78 is 18.8. The van der Waals surface area contributed by atoms with Crippen LogP contribution in [0.1, 0.15) is 25.1 Å². The number of benzene rings is 1. The van der Waals surface area contributed by atoms with Crippen molar-refractivity contribution in [3.05, 3.63) is 35.6 Å². The first-order valence-corrected chi connectivity index (χ1v) is 7.05.